The molecule has 7 nitrogen and oxygen atoms in total. The zero-order chi connectivity index (χ0) is 14.5. The maximum atomic E-state index is 4.15. The van der Waals surface area contributed by atoms with Gasteiger partial charge in [0, 0.05) is 38.6 Å². The normalized spacial score (nSPS) is 11.5. The maximum Gasteiger partial charge on any atom is 0.229 e. The molecule has 0 unspecified atom stereocenters. The number of hydrogen-bond acceptors (Lipinski definition) is 3. The predicted molar refractivity (Wildman–Crippen MR) is 75.2 cm³/mol. The lowest BCUT2D eigenvalue weighted by atomic mass is 10.4. The number of nitrogens with zero attached hydrogens (tertiary/aromatic N) is 7. The summed E-state index contributed by atoms with van der Waals surface area (Å²) < 4.78 is 5.70. The number of amidine groups is 1. The van der Waals surface area contributed by atoms with Crippen molar-refractivity contribution in [1.29, 1.82) is 0 Å². The van der Waals surface area contributed by atoms with Gasteiger partial charge in [0.05, 0.1) is 5.69 Å². The van der Waals surface area contributed by atoms with E-state index in [1.165, 1.54) is 0 Å². The van der Waals surface area contributed by atoms with Crippen LogP contribution in [0, 0.1) is 0 Å². The molecule has 0 aliphatic carbocycles. The molecule has 0 amide bonds. The smallest absolute Gasteiger partial charge is 0.229 e. The molecule has 0 saturated heterocycles. The number of rotatable bonds is 2. The SMILES string of the molecule is C/C(N=Nc1cc[n+](C)cc1)=N\N=c1n(C)ccn1C.[Cl-]. The van der Waals surface area contributed by atoms with Crippen LogP contribution in [-0.4, -0.2) is 15.0 Å². The van der Waals surface area contributed by atoms with Crippen LogP contribution < -0.4 is 22.6 Å². The number of hydrogen-bond donors (Lipinski definition) is 0. The second kappa shape index (κ2) is 7.49. The monoisotopic (exact) mass is 307 g/mol. The summed E-state index contributed by atoms with van der Waals surface area (Å²) in [7, 11) is 5.77. The largest absolute Gasteiger partial charge is 1.00 e. The molecule has 0 fully saturated rings. The predicted octanol–water partition coefficient (Wildman–Crippen LogP) is -1.79. The first-order valence-electron chi connectivity index (χ1n) is 6.19. The Kier molecular flexibility index (Phi) is 5.98. The third kappa shape index (κ3) is 4.64. The van der Waals surface area contributed by atoms with Crippen LogP contribution in [0.25, 0.3) is 0 Å². The second-order valence-electron chi connectivity index (χ2n) is 4.49. The molecule has 0 radical (unpaired) electrons. The van der Waals surface area contributed by atoms with Gasteiger partial charge in [0.25, 0.3) is 0 Å². The molecule has 0 atom stereocenters. The van der Waals surface area contributed by atoms with E-state index in [1.807, 2.05) is 71.8 Å². The van der Waals surface area contributed by atoms with Crippen LogP contribution in [-0.2, 0) is 21.1 Å². The second-order valence-corrected chi connectivity index (χ2v) is 4.49. The average molecular weight is 308 g/mol. The molecule has 21 heavy (non-hydrogen) atoms. The van der Waals surface area contributed by atoms with E-state index in [4.69, 9.17) is 0 Å². The van der Waals surface area contributed by atoms with E-state index in [-0.39, 0.29) is 12.4 Å². The van der Waals surface area contributed by atoms with Gasteiger partial charge in [0.1, 0.15) is 7.05 Å². The van der Waals surface area contributed by atoms with Crippen LogP contribution in [0.15, 0.2) is 57.4 Å². The van der Waals surface area contributed by atoms with Crippen molar-refractivity contribution in [2.75, 3.05) is 0 Å². The third-order valence-electron chi connectivity index (χ3n) is 2.70. The summed E-state index contributed by atoms with van der Waals surface area (Å²) >= 11 is 0. The summed E-state index contributed by atoms with van der Waals surface area (Å²) in [6.07, 6.45) is 7.65. The molecule has 0 N–H and O–H groups in total. The quantitative estimate of drug-likeness (QED) is 0.207. The fourth-order valence-corrected chi connectivity index (χ4v) is 1.55. The van der Waals surface area contributed by atoms with Gasteiger partial charge in [-0.2, -0.15) is 0 Å². The van der Waals surface area contributed by atoms with Crippen LogP contribution in [0.3, 0.4) is 0 Å². The first kappa shape index (κ1) is 16.8. The topological polar surface area (TPSA) is 63.2 Å². The Balaban J connectivity index is 0.00000220. The van der Waals surface area contributed by atoms with E-state index in [1.54, 1.807) is 6.92 Å². The van der Waals surface area contributed by atoms with Crippen LogP contribution in [0.2, 0.25) is 0 Å². The first-order valence-corrected chi connectivity index (χ1v) is 6.19. The Morgan fingerprint density at radius 1 is 1.10 bits per heavy atom. The summed E-state index contributed by atoms with van der Waals surface area (Å²) in [5.41, 5.74) is 1.52. The molecule has 0 aliphatic rings. The van der Waals surface area contributed by atoms with Gasteiger partial charge in [-0.05, 0) is 6.92 Å². The maximum absolute atomic E-state index is 4.15. The molecule has 2 aromatic rings. The molecule has 8 heteroatoms. The van der Waals surface area contributed by atoms with E-state index in [9.17, 15) is 0 Å². The van der Waals surface area contributed by atoms with Crippen molar-refractivity contribution in [3.05, 3.63) is 42.5 Å². The first-order chi connectivity index (χ1) is 9.56. The summed E-state index contributed by atoms with van der Waals surface area (Å²) in [5, 5.41) is 16.3. The number of imidazole rings is 1. The van der Waals surface area contributed by atoms with Gasteiger partial charge >= 0.3 is 0 Å². The lowest BCUT2D eigenvalue weighted by molar-refractivity contribution is -0.671. The minimum atomic E-state index is 0. The zero-order valence-corrected chi connectivity index (χ0v) is 13.2. The van der Waals surface area contributed by atoms with Crippen LogP contribution in [0.5, 0.6) is 0 Å². The third-order valence-corrected chi connectivity index (χ3v) is 2.70. The fourth-order valence-electron chi connectivity index (χ4n) is 1.55. The van der Waals surface area contributed by atoms with Crippen molar-refractivity contribution in [2.24, 2.45) is 41.6 Å². The molecule has 0 aromatic carbocycles. The van der Waals surface area contributed by atoms with E-state index in [0.717, 1.165) is 11.3 Å². The fraction of sp³-hybridized carbons (Fsp3) is 0.308. The summed E-state index contributed by atoms with van der Waals surface area (Å²) in [6, 6.07) is 3.76. The van der Waals surface area contributed by atoms with Gasteiger partial charge in [-0.15, -0.1) is 20.4 Å². The minimum absolute atomic E-state index is 0. The Bertz CT molecular complexity index is 684. The summed E-state index contributed by atoms with van der Waals surface area (Å²) in [6.45, 7) is 1.76. The Labute approximate surface area is 129 Å². The van der Waals surface area contributed by atoms with Gasteiger partial charge in [-0.1, -0.05) is 0 Å². The Morgan fingerprint density at radius 3 is 2.24 bits per heavy atom. The molecule has 112 valence electrons. The standard InChI is InChI=1S/C13H18N7.ClH/c1-11(14-16-12-5-7-18(2)8-6-12)15-17-13-19(3)9-10-20(13)4;/h5-10H,1-4H3;1H/q+1;/p-1. The number of pyridine rings is 1. The molecule has 0 bridgehead atoms. The molecular formula is C13H18ClN7. The van der Waals surface area contributed by atoms with Crippen LogP contribution in [0.1, 0.15) is 6.92 Å². The summed E-state index contributed by atoms with van der Waals surface area (Å²) in [4.78, 5) is 0. The van der Waals surface area contributed by atoms with Gasteiger partial charge in [-0.25, -0.2) is 4.57 Å². The lowest BCUT2D eigenvalue weighted by Crippen LogP contribution is -3.00. The average Bonchev–Trinajstić information content (AvgIpc) is 2.75. The minimum Gasteiger partial charge on any atom is -1.00 e. The van der Waals surface area contributed by atoms with Gasteiger partial charge in [0.2, 0.25) is 5.62 Å². The van der Waals surface area contributed by atoms with Crippen LogP contribution >= 0.6 is 0 Å². The number of aromatic nitrogens is 3. The Hall–Kier alpha value is -2.28. The Morgan fingerprint density at radius 2 is 1.67 bits per heavy atom. The van der Waals surface area contributed by atoms with Crippen LogP contribution in [0.4, 0.5) is 5.69 Å². The zero-order valence-electron chi connectivity index (χ0n) is 12.5. The highest BCUT2D eigenvalue weighted by molar-refractivity contribution is 5.79. The highest BCUT2D eigenvalue weighted by atomic mass is 35.5. The lowest BCUT2D eigenvalue weighted by Gasteiger charge is -1.92. The van der Waals surface area contributed by atoms with E-state index < -0.39 is 0 Å². The summed E-state index contributed by atoms with van der Waals surface area (Å²) in [5.74, 6) is 0.499. The van der Waals surface area contributed by atoms with Crippen molar-refractivity contribution in [2.45, 2.75) is 6.92 Å². The molecule has 2 rings (SSSR count). The van der Waals surface area contributed by atoms with Gasteiger partial charge in [-0.3, -0.25) is 0 Å². The highest BCUT2D eigenvalue weighted by Crippen LogP contribution is 2.08. The molecule has 0 saturated carbocycles. The van der Waals surface area contributed by atoms with Gasteiger partial charge in [0.15, 0.2) is 18.2 Å². The highest BCUT2D eigenvalue weighted by Gasteiger charge is 1.94. The molecule has 2 aromatic heterocycles. The van der Waals surface area contributed by atoms with Crippen molar-refractivity contribution in [3.63, 3.8) is 0 Å². The van der Waals surface area contributed by atoms with Gasteiger partial charge < -0.3 is 21.5 Å². The van der Waals surface area contributed by atoms with Crippen molar-refractivity contribution in [3.8, 4) is 0 Å². The number of halogens is 1. The van der Waals surface area contributed by atoms with Crippen molar-refractivity contribution in [1.82, 2.24) is 9.13 Å². The van der Waals surface area contributed by atoms with E-state index in [2.05, 4.69) is 20.4 Å². The van der Waals surface area contributed by atoms with Crippen molar-refractivity contribution >= 4 is 11.5 Å². The van der Waals surface area contributed by atoms with Crippen molar-refractivity contribution < 1.29 is 17.0 Å². The molecule has 2 heterocycles. The number of azo groups is 1. The molecule has 0 spiro atoms. The molecule has 0 aliphatic heterocycles. The number of aryl methyl sites for hydroxylation is 3. The van der Waals surface area contributed by atoms with E-state index >= 15 is 0 Å². The molecular weight excluding hydrogens is 290 g/mol. The van der Waals surface area contributed by atoms with E-state index in [0.29, 0.717) is 5.84 Å².